The molecule has 0 aromatic carbocycles. The van der Waals surface area contributed by atoms with Crippen LogP contribution >= 0.6 is 0 Å². The van der Waals surface area contributed by atoms with E-state index < -0.39 is 11.9 Å². The molecule has 1 aliphatic rings. The van der Waals surface area contributed by atoms with Gasteiger partial charge >= 0.3 is 0 Å². The van der Waals surface area contributed by atoms with Gasteiger partial charge in [-0.3, -0.25) is 14.5 Å². The second-order valence-corrected chi connectivity index (χ2v) is 6.56. The minimum Gasteiger partial charge on any atom is -0.487 e. The summed E-state index contributed by atoms with van der Waals surface area (Å²) in [5, 5.41) is 2.68. The van der Waals surface area contributed by atoms with Crippen molar-refractivity contribution in [2.24, 2.45) is 0 Å². The number of aromatic nitrogens is 3. The quantitative estimate of drug-likeness (QED) is 0.606. The molecule has 3 heterocycles. The third-order valence-corrected chi connectivity index (χ3v) is 4.51. The van der Waals surface area contributed by atoms with Crippen molar-refractivity contribution in [3.8, 4) is 5.75 Å². The van der Waals surface area contributed by atoms with Gasteiger partial charge in [0.15, 0.2) is 11.6 Å². The van der Waals surface area contributed by atoms with Crippen molar-refractivity contribution in [1.82, 2.24) is 20.3 Å². The Bertz CT molecular complexity index is 899. The molecule has 2 amide bonds. The predicted octanol–water partition coefficient (Wildman–Crippen LogP) is 1.84. The Morgan fingerprint density at radius 3 is 3.07 bits per heavy atom. The van der Waals surface area contributed by atoms with E-state index >= 15 is 0 Å². The molecule has 2 aromatic rings. The van der Waals surface area contributed by atoms with Crippen molar-refractivity contribution < 1.29 is 14.3 Å². The van der Waals surface area contributed by atoms with Gasteiger partial charge in [-0.2, -0.15) is 0 Å². The Kier molecular flexibility index (Phi) is 5.98. The van der Waals surface area contributed by atoms with Gasteiger partial charge in [0.05, 0.1) is 0 Å². The second-order valence-electron chi connectivity index (χ2n) is 6.56. The lowest BCUT2D eigenvalue weighted by Crippen LogP contribution is -2.49. The maximum atomic E-state index is 12.7. The highest BCUT2D eigenvalue weighted by Gasteiger charge is 2.32. The number of fused-ring (bicyclic) bond motifs is 1. The number of aryl methyl sites for hydroxylation is 2. The van der Waals surface area contributed by atoms with Gasteiger partial charge in [0, 0.05) is 25.1 Å². The molecule has 0 radical (unpaired) electrons. The van der Waals surface area contributed by atoms with Crippen LogP contribution in [0.1, 0.15) is 34.7 Å². The number of allylic oxidation sites excluding steroid dienone is 1. The number of rotatable bonds is 6. The normalized spacial score (nSPS) is 16.0. The lowest BCUT2D eigenvalue weighted by molar-refractivity contribution is -0.120. The maximum Gasteiger partial charge on any atom is 0.289 e. The lowest BCUT2D eigenvalue weighted by atomic mass is 10.1. The zero-order chi connectivity index (χ0) is 20.1. The molecule has 0 saturated carbocycles. The summed E-state index contributed by atoms with van der Waals surface area (Å²) in [6, 6.07) is 2.60. The van der Waals surface area contributed by atoms with Crippen molar-refractivity contribution in [3.05, 3.63) is 54.3 Å². The van der Waals surface area contributed by atoms with Crippen molar-refractivity contribution >= 4 is 17.6 Å². The summed E-state index contributed by atoms with van der Waals surface area (Å²) in [5.74, 6) is 0.115. The van der Waals surface area contributed by atoms with Crippen LogP contribution < -0.4 is 15.0 Å². The van der Waals surface area contributed by atoms with Crippen molar-refractivity contribution in [2.75, 3.05) is 18.6 Å². The molecule has 0 saturated heterocycles. The standard InChI is InChI=1S/C20H23N5O3/c1-4-5-6-8-14-13(2)11-22-17(23-14)19(26)24-15-12-28-16-9-7-10-21-18(16)25(3)20(15)27/h4,7,9-11,15H,1,5-6,8,12H2,2-3H3,(H,24,26)/t15-/m0/s1. The Morgan fingerprint density at radius 1 is 1.46 bits per heavy atom. The Hall–Kier alpha value is -3.29. The summed E-state index contributed by atoms with van der Waals surface area (Å²) in [4.78, 5) is 39.4. The van der Waals surface area contributed by atoms with E-state index in [9.17, 15) is 9.59 Å². The third-order valence-electron chi connectivity index (χ3n) is 4.51. The van der Waals surface area contributed by atoms with E-state index in [-0.39, 0.29) is 18.3 Å². The molecule has 1 N–H and O–H groups in total. The minimum absolute atomic E-state index is 0.00561. The maximum absolute atomic E-state index is 12.7. The molecule has 1 atom stereocenters. The van der Waals surface area contributed by atoms with Crippen LogP contribution in [0.15, 0.2) is 37.2 Å². The van der Waals surface area contributed by atoms with E-state index in [1.165, 1.54) is 4.90 Å². The number of unbranched alkanes of at least 4 members (excludes halogenated alkanes) is 1. The highest BCUT2D eigenvalue weighted by molar-refractivity contribution is 6.01. The fourth-order valence-corrected chi connectivity index (χ4v) is 2.91. The van der Waals surface area contributed by atoms with Gasteiger partial charge in [0.25, 0.3) is 11.8 Å². The molecular weight excluding hydrogens is 358 g/mol. The lowest BCUT2D eigenvalue weighted by Gasteiger charge is -2.19. The molecule has 146 valence electrons. The summed E-state index contributed by atoms with van der Waals surface area (Å²) >= 11 is 0. The topological polar surface area (TPSA) is 97.3 Å². The van der Waals surface area contributed by atoms with Gasteiger partial charge in [-0.1, -0.05) is 6.08 Å². The fraction of sp³-hybridized carbons (Fsp3) is 0.350. The molecule has 2 aromatic heterocycles. The first-order valence-electron chi connectivity index (χ1n) is 9.11. The van der Waals surface area contributed by atoms with Crippen LogP contribution in [-0.2, 0) is 11.2 Å². The number of likely N-dealkylation sites (N-methyl/N-ethyl adjacent to an activating group) is 1. The summed E-state index contributed by atoms with van der Waals surface area (Å²) < 4.78 is 5.66. The smallest absolute Gasteiger partial charge is 0.289 e. The number of pyridine rings is 1. The zero-order valence-corrected chi connectivity index (χ0v) is 16.0. The number of carbonyl (C=O) groups is 2. The van der Waals surface area contributed by atoms with Crippen LogP contribution in [-0.4, -0.2) is 46.5 Å². The number of nitrogens with one attached hydrogen (secondary N) is 1. The van der Waals surface area contributed by atoms with Gasteiger partial charge in [-0.15, -0.1) is 6.58 Å². The number of carbonyl (C=O) groups excluding carboxylic acids is 2. The first-order valence-corrected chi connectivity index (χ1v) is 9.11. The molecule has 28 heavy (non-hydrogen) atoms. The largest absolute Gasteiger partial charge is 0.487 e. The third kappa shape index (κ3) is 4.16. The summed E-state index contributed by atoms with van der Waals surface area (Å²) in [6.45, 7) is 5.63. The predicted molar refractivity (Wildman–Crippen MR) is 104 cm³/mol. The Morgan fingerprint density at radius 2 is 2.29 bits per heavy atom. The fourth-order valence-electron chi connectivity index (χ4n) is 2.91. The SMILES string of the molecule is C=CCCCc1nc(C(=O)N[C@H]2COc3cccnc3N(C)C2=O)ncc1C. The summed E-state index contributed by atoms with van der Waals surface area (Å²) in [7, 11) is 1.60. The minimum atomic E-state index is -0.860. The number of hydrogen-bond donors (Lipinski definition) is 1. The zero-order valence-electron chi connectivity index (χ0n) is 16.0. The molecular formula is C20H23N5O3. The Balaban J connectivity index is 1.73. The number of nitrogens with zero attached hydrogens (tertiary/aromatic N) is 4. The highest BCUT2D eigenvalue weighted by atomic mass is 16.5. The van der Waals surface area contributed by atoms with Gasteiger partial charge in [0.1, 0.15) is 12.6 Å². The van der Waals surface area contributed by atoms with E-state index in [0.29, 0.717) is 11.6 Å². The highest BCUT2D eigenvalue weighted by Crippen LogP contribution is 2.27. The molecule has 0 bridgehead atoms. The molecule has 0 unspecified atom stereocenters. The van der Waals surface area contributed by atoms with Crippen molar-refractivity contribution in [3.63, 3.8) is 0 Å². The van der Waals surface area contributed by atoms with E-state index in [1.807, 2.05) is 13.0 Å². The van der Waals surface area contributed by atoms with Gasteiger partial charge in [-0.25, -0.2) is 15.0 Å². The van der Waals surface area contributed by atoms with Crippen LogP contribution in [0.3, 0.4) is 0 Å². The molecule has 0 aliphatic carbocycles. The first kappa shape index (κ1) is 19.5. The van der Waals surface area contributed by atoms with E-state index in [1.54, 1.807) is 31.6 Å². The number of anilines is 1. The monoisotopic (exact) mass is 381 g/mol. The number of ether oxygens (including phenoxy) is 1. The number of amides is 2. The van der Waals surface area contributed by atoms with E-state index in [2.05, 4.69) is 26.8 Å². The second kappa shape index (κ2) is 8.60. The molecule has 1 aliphatic heterocycles. The van der Waals surface area contributed by atoms with E-state index in [0.717, 1.165) is 30.5 Å². The van der Waals surface area contributed by atoms with Crippen LogP contribution in [0, 0.1) is 6.92 Å². The van der Waals surface area contributed by atoms with E-state index in [4.69, 9.17) is 4.74 Å². The molecule has 3 rings (SSSR count). The summed E-state index contributed by atoms with van der Waals surface area (Å²) in [5.41, 5.74) is 1.75. The van der Waals surface area contributed by atoms with Crippen molar-refractivity contribution in [2.45, 2.75) is 32.2 Å². The summed E-state index contributed by atoms with van der Waals surface area (Å²) in [6.07, 6.45) is 7.57. The Labute approximate surface area is 163 Å². The van der Waals surface area contributed by atoms with Crippen LogP contribution in [0.2, 0.25) is 0 Å². The molecule has 8 nitrogen and oxygen atoms in total. The van der Waals surface area contributed by atoms with Gasteiger partial charge < -0.3 is 10.1 Å². The molecule has 8 heteroatoms. The number of hydrogen-bond acceptors (Lipinski definition) is 6. The van der Waals surface area contributed by atoms with Crippen LogP contribution in [0.4, 0.5) is 5.82 Å². The van der Waals surface area contributed by atoms with Crippen LogP contribution in [0.25, 0.3) is 0 Å². The molecule has 0 spiro atoms. The van der Waals surface area contributed by atoms with Crippen LogP contribution in [0.5, 0.6) is 5.75 Å². The van der Waals surface area contributed by atoms with Crippen molar-refractivity contribution in [1.29, 1.82) is 0 Å². The average Bonchev–Trinajstić information content (AvgIpc) is 2.82. The first-order chi connectivity index (χ1) is 13.5. The average molecular weight is 381 g/mol. The van der Waals surface area contributed by atoms with Gasteiger partial charge in [0.2, 0.25) is 5.82 Å². The molecule has 0 fully saturated rings. The van der Waals surface area contributed by atoms with Gasteiger partial charge in [-0.05, 0) is 43.9 Å².